The Morgan fingerprint density at radius 1 is 1.00 bits per heavy atom. The van der Waals surface area contributed by atoms with Gasteiger partial charge in [0.15, 0.2) is 5.82 Å². The fourth-order valence-electron chi connectivity index (χ4n) is 4.23. The van der Waals surface area contributed by atoms with Gasteiger partial charge in [-0.3, -0.25) is 9.59 Å². The summed E-state index contributed by atoms with van der Waals surface area (Å²) in [5.74, 6) is 1.03. The number of hydrogen-bond acceptors (Lipinski definition) is 5. The van der Waals surface area contributed by atoms with E-state index in [0.717, 1.165) is 17.4 Å². The molecule has 0 atom stereocenters. The van der Waals surface area contributed by atoms with E-state index in [-0.39, 0.29) is 11.8 Å². The van der Waals surface area contributed by atoms with Gasteiger partial charge in [-0.2, -0.15) is 0 Å². The van der Waals surface area contributed by atoms with Crippen molar-refractivity contribution >= 4 is 28.7 Å². The molecule has 0 unspecified atom stereocenters. The van der Waals surface area contributed by atoms with Crippen LogP contribution in [0.3, 0.4) is 0 Å². The van der Waals surface area contributed by atoms with Crippen LogP contribution in [-0.2, 0) is 17.8 Å². The molecule has 0 aliphatic carbocycles. The summed E-state index contributed by atoms with van der Waals surface area (Å²) in [6, 6.07) is 19.8. The molecule has 1 aliphatic heterocycles. The van der Waals surface area contributed by atoms with E-state index in [1.54, 1.807) is 0 Å². The second-order valence-electron chi connectivity index (χ2n) is 8.36. The molecule has 2 amide bonds. The van der Waals surface area contributed by atoms with E-state index < -0.39 is 0 Å². The van der Waals surface area contributed by atoms with E-state index in [1.807, 2.05) is 53.4 Å². The quantitative estimate of drug-likeness (QED) is 0.388. The SMILES string of the molecule is CC(=O)NCCNc1nc(-c2ccccc2)nc2[nH]c(C(=O)N3CCc4ccccc4C3)cc12. The van der Waals surface area contributed by atoms with Crippen molar-refractivity contribution < 1.29 is 9.59 Å². The summed E-state index contributed by atoms with van der Waals surface area (Å²) >= 11 is 0. The molecule has 3 heterocycles. The Morgan fingerprint density at radius 2 is 1.76 bits per heavy atom. The van der Waals surface area contributed by atoms with Gasteiger partial charge in [0.05, 0.1) is 5.39 Å². The molecule has 0 saturated carbocycles. The molecule has 0 radical (unpaired) electrons. The van der Waals surface area contributed by atoms with E-state index in [4.69, 9.17) is 9.97 Å². The summed E-state index contributed by atoms with van der Waals surface area (Å²) in [6.07, 6.45) is 0.843. The number of carbonyl (C=O) groups is 2. The minimum Gasteiger partial charge on any atom is -0.368 e. The van der Waals surface area contributed by atoms with E-state index >= 15 is 0 Å². The first-order valence-corrected chi connectivity index (χ1v) is 11.4. The lowest BCUT2D eigenvalue weighted by Crippen LogP contribution is -2.36. The van der Waals surface area contributed by atoms with Gasteiger partial charge in [-0.05, 0) is 23.6 Å². The predicted octanol–water partition coefficient (Wildman–Crippen LogP) is 3.37. The lowest BCUT2D eigenvalue weighted by Gasteiger charge is -2.28. The molecule has 5 rings (SSSR count). The number of carbonyl (C=O) groups excluding carboxylic acids is 2. The van der Waals surface area contributed by atoms with Crippen LogP contribution >= 0.6 is 0 Å². The first kappa shape index (κ1) is 21.6. The molecular formula is C26H26N6O2. The van der Waals surface area contributed by atoms with Crippen LogP contribution in [0.2, 0.25) is 0 Å². The maximum atomic E-state index is 13.4. The summed E-state index contributed by atoms with van der Waals surface area (Å²) in [7, 11) is 0. The third kappa shape index (κ3) is 4.47. The largest absolute Gasteiger partial charge is 0.368 e. The zero-order valence-electron chi connectivity index (χ0n) is 19.0. The van der Waals surface area contributed by atoms with Crippen LogP contribution in [0.15, 0.2) is 60.7 Å². The molecule has 0 spiro atoms. The van der Waals surface area contributed by atoms with Crippen LogP contribution in [-0.4, -0.2) is 51.3 Å². The minimum absolute atomic E-state index is 0.0574. The highest BCUT2D eigenvalue weighted by Gasteiger charge is 2.24. The maximum Gasteiger partial charge on any atom is 0.270 e. The van der Waals surface area contributed by atoms with Crippen LogP contribution < -0.4 is 10.6 Å². The molecule has 4 aromatic rings. The molecule has 0 bridgehead atoms. The van der Waals surface area contributed by atoms with E-state index in [2.05, 4.69) is 27.8 Å². The molecule has 0 fully saturated rings. The van der Waals surface area contributed by atoms with Gasteiger partial charge in [0.2, 0.25) is 5.91 Å². The monoisotopic (exact) mass is 454 g/mol. The summed E-state index contributed by atoms with van der Waals surface area (Å²) in [4.78, 5) is 39.1. The Kier molecular flexibility index (Phi) is 5.95. The Hall–Kier alpha value is -4.20. The van der Waals surface area contributed by atoms with E-state index in [1.165, 1.54) is 18.1 Å². The molecule has 2 aromatic carbocycles. The third-order valence-electron chi connectivity index (χ3n) is 5.96. The Morgan fingerprint density at radius 3 is 2.56 bits per heavy atom. The van der Waals surface area contributed by atoms with E-state index in [0.29, 0.717) is 49.2 Å². The van der Waals surface area contributed by atoms with Gasteiger partial charge in [-0.25, -0.2) is 9.97 Å². The smallest absolute Gasteiger partial charge is 0.270 e. The molecule has 2 aromatic heterocycles. The van der Waals surface area contributed by atoms with Crippen molar-refractivity contribution in [2.75, 3.05) is 25.0 Å². The van der Waals surface area contributed by atoms with Gasteiger partial charge in [0.1, 0.15) is 17.2 Å². The van der Waals surface area contributed by atoms with Crippen LogP contribution in [0.5, 0.6) is 0 Å². The molecule has 8 nitrogen and oxygen atoms in total. The molecule has 1 aliphatic rings. The van der Waals surface area contributed by atoms with Crippen molar-refractivity contribution in [3.8, 4) is 11.4 Å². The average molecular weight is 455 g/mol. The number of amides is 2. The molecular weight excluding hydrogens is 428 g/mol. The van der Waals surface area contributed by atoms with Gasteiger partial charge in [0, 0.05) is 38.7 Å². The molecule has 0 saturated heterocycles. The highest BCUT2D eigenvalue weighted by Crippen LogP contribution is 2.27. The number of H-pyrrole nitrogens is 1. The molecule has 172 valence electrons. The first-order chi connectivity index (χ1) is 16.6. The maximum absolute atomic E-state index is 13.4. The number of nitrogens with zero attached hydrogens (tertiary/aromatic N) is 3. The van der Waals surface area contributed by atoms with Crippen molar-refractivity contribution in [2.24, 2.45) is 0 Å². The highest BCUT2D eigenvalue weighted by atomic mass is 16.2. The van der Waals surface area contributed by atoms with Crippen LogP contribution in [0, 0.1) is 0 Å². The van der Waals surface area contributed by atoms with Gasteiger partial charge < -0.3 is 20.5 Å². The Labute approximate surface area is 197 Å². The number of nitrogens with one attached hydrogen (secondary N) is 3. The number of fused-ring (bicyclic) bond motifs is 2. The van der Waals surface area contributed by atoms with Crippen molar-refractivity contribution in [3.05, 3.63) is 77.5 Å². The number of anilines is 1. The fourth-order valence-corrected chi connectivity index (χ4v) is 4.23. The van der Waals surface area contributed by atoms with Crippen molar-refractivity contribution in [3.63, 3.8) is 0 Å². The normalized spacial score (nSPS) is 12.9. The zero-order valence-corrected chi connectivity index (χ0v) is 19.0. The van der Waals surface area contributed by atoms with Gasteiger partial charge in [-0.1, -0.05) is 54.6 Å². The van der Waals surface area contributed by atoms with Gasteiger partial charge >= 0.3 is 0 Å². The second-order valence-corrected chi connectivity index (χ2v) is 8.36. The highest BCUT2D eigenvalue weighted by molar-refractivity contribution is 6.00. The number of aromatic nitrogens is 3. The number of hydrogen-bond donors (Lipinski definition) is 3. The molecule has 8 heteroatoms. The summed E-state index contributed by atoms with van der Waals surface area (Å²) in [5, 5.41) is 6.80. The molecule has 3 N–H and O–H groups in total. The van der Waals surface area contributed by atoms with Crippen LogP contribution in [0.1, 0.15) is 28.5 Å². The van der Waals surface area contributed by atoms with E-state index in [9.17, 15) is 9.59 Å². The van der Waals surface area contributed by atoms with Crippen LogP contribution in [0.25, 0.3) is 22.4 Å². The minimum atomic E-state index is -0.0859. The van der Waals surface area contributed by atoms with Crippen LogP contribution in [0.4, 0.5) is 5.82 Å². The fraction of sp³-hybridized carbons (Fsp3) is 0.231. The average Bonchev–Trinajstić information content (AvgIpc) is 3.30. The zero-order chi connectivity index (χ0) is 23.5. The number of aromatic amines is 1. The summed E-state index contributed by atoms with van der Waals surface area (Å²) in [6.45, 7) is 3.71. The third-order valence-corrected chi connectivity index (χ3v) is 5.96. The number of rotatable bonds is 6. The standard InChI is InChI=1S/C26H26N6O2/c1-17(33)27-12-13-28-24-21-15-22(26(34)32-14-11-18-7-5-6-10-20(18)16-32)29-25(21)31-23(30-24)19-8-3-2-4-9-19/h2-10,15H,11-14,16H2,1H3,(H,27,33)(H2,28,29,30,31). The second kappa shape index (κ2) is 9.35. The van der Waals surface area contributed by atoms with Gasteiger partial charge in [-0.15, -0.1) is 0 Å². The summed E-state index contributed by atoms with van der Waals surface area (Å²) < 4.78 is 0. The van der Waals surface area contributed by atoms with Gasteiger partial charge in [0.25, 0.3) is 5.91 Å². The predicted molar refractivity (Wildman–Crippen MR) is 131 cm³/mol. The Balaban J connectivity index is 1.46. The van der Waals surface area contributed by atoms with Crippen molar-refractivity contribution in [1.82, 2.24) is 25.2 Å². The lowest BCUT2D eigenvalue weighted by molar-refractivity contribution is -0.118. The first-order valence-electron chi connectivity index (χ1n) is 11.4. The van der Waals surface area contributed by atoms with Crippen molar-refractivity contribution in [1.29, 1.82) is 0 Å². The Bertz CT molecular complexity index is 1350. The van der Waals surface area contributed by atoms with Crippen molar-refractivity contribution in [2.45, 2.75) is 19.9 Å². The summed E-state index contributed by atoms with van der Waals surface area (Å²) in [5.41, 5.74) is 4.44. The number of benzene rings is 2. The lowest BCUT2D eigenvalue weighted by atomic mass is 10.00. The topological polar surface area (TPSA) is 103 Å². The molecule has 34 heavy (non-hydrogen) atoms.